The largest absolute Gasteiger partial charge is 0.388 e. The van der Waals surface area contributed by atoms with Gasteiger partial charge in [-0.2, -0.15) is 83.6 Å². The molecule has 0 aliphatic carbocycles. The van der Waals surface area contributed by atoms with Crippen LogP contribution in [0.1, 0.15) is 96.2 Å². The van der Waals surface area contributed by atoms with Crippen LogP contribution in [0.4, 0.5) is 0 Å². The molecule has 0 aromatic heterocycles. The van der Waals surface area contributed by atoms with E-state index in [1.165, 1.54) is 17.5 Å². The zero-order valence-electron chi connectivity index (χ0n) is 24.4. The molecule has 1 radical (unpaired) electrons. The zero-order chi connectivity index (χ0) is 27.3. The molecule has 0 N–H and O–H groups in total. The van der Waals surface area contributed by atoms with Crippen molar-refractivity contribution in [3.05, 3.63) is 71.8 Å². The van der Waals surface area contributed by atoms with E-state index in [0.717, 1.165) is 12.5 Å². The van der Waals surface area contributed by atoms with Crippen LogP contribution in [0.25, 0.3) is 0 Å². The Morgan fingerprint density at radius 1 is 0.718 bits per heavy atom. The zero-order valence-corrected chi connectivity index (χ0v) is 28.9. The Hall–Kier alpha value is -0.196. The van der Waals surface area contributed by atoms with Crippen molar-refractivity contribution >= 4 is 21.6 Å². The van der Waals surface area contributed by atoms with Crippen LogP contribution in [0, 0.1) is 31.4 Å². The number of aryl methyl sites for hydroxylation is 2. The molecule has 0 amide bonds. The summed E-state index contributed by atoms with van der Waals surface area (Å²) in [7, 11) is 0.583. The summed E-state index contributed by atoms with van der Waals surface area (Å²) >= 11 is 1.75. The van der Waals surface area contributed by atoms with Gasteiger partial charge >= 0.3 is 0 Å². The van der Waals surface area contributed by atoms with Gasteiger partial charge in [-0.05, 0) is 17.9 Å². The third-order valence-electron chi connectivity index (χ3n) is 1.77. The Balaban J connectivity index is -0.0000000261. The summed E-state index contributed by atoms with van der Waals surface area (Å²) in [6.07, 6.45) is 7.65. The van der Waals surface area contributed by atoms with Gasteiger partial charge in [0.25, 0.3) is 0 Å². The van der Waals surface area contributed by atoms with Gasteiger partial charge in [-0.1, -0.05) is 98.9 Å². The average Bonchev–Trinajstić information content (AvgIpc) is 2.63. The van der Waals surface area contributed by atoms with Gasteiger partial charge in [-0.25, -0.2) is 8.42 Å². The van der Waals surface area contributed by atoms with Crippen molar-refractivity contribution in [1.29, 1.82) is 0 Å². The van der Waals surface area contributed by atoms with Crippen LogP contribution in [-0.2, 0) is 47.3 Å². The average molecular weight is 670 g/mol. The number of rotatable bonds is 0. The van der Waals surface area contributed by atoms with Crippen molar-refractivity contribution in [3.63, 3.8) is 0 Å². The first-order valence-corrected chi connectivity index (χ1v) is 14.8. The predicted molar refractivity (Wildman–Crippen MR) is 188 cm³/mol. The minimum Gasteiger partial charge on any atom is -0.388 e. The van der Waals surface area contributed by atoms with Gasteiger partial charge in [0.1, 0.15) is 9.84 Å². The fourth-order valence-electron chi connectivity index (χ4n) is 0.940. The van der Waals surface area contributed by atoms with E-state index in [-0.39, 0.29) is 69.8 Å². The summed E-state index contributed by atoms with van der Waals surface area (Å²) in [5, 5.41) is 0. The second-order valence-corrected chi connectivity index (χ2v) is 11.9. The summed E-state index contributed by atoms with van der Waals surface area (Å²) in [6, 6.07) is 21.6. The van der Waals surface area contributed by atoms with Crippen molar-refractivity contribution in [2.75, 3.05) is 39.2 Å². The number of hydrogen-bond acceptors (Lipinski definition) is 4. The molecule has 0 spiro atoms. The number of sulfone groups is 1. The molecule has 0 heterocycles. The molecule has 2 aromatic carbocycles. The first kappa shape index (κ1) is 71.7. The predicted octanol–water partition coefficient (Wildman–Crippen LogP) is 11.1. The Labute approximate surface area is 280 Å². The van der Waals surface area contributed by atoms with Gasteiger partial charge < -0.3 is 4.74 Å². The van der Waals surface area contributed by atoms with Crippen molar-refractivity contribution in [2.24, 2.45) is 5.41 Å². The Morgan fingerprint density at radius 2 is 0.821 bits per heavy atom. The van der Waals surface area contributed by atoms with Crippen molar-refractivity contribution in [2.45, 2.75) is 98.9 Å². The molecule has 0 fully saturated rings. The van der Waals surface area contributed by atoms with E-state index in [1.54, 1.807) is 26.0 Å². The molecular weight excluding hydrogens is 597 g/mol. The summed E-state index contributed by atoms with van der Waals surface area (Å²) in [4.78, 5) is 0. The van der Waals surface area contributed by atoms with Crippen molar-refractivity contribution in [1.82, 2.24) is 0 Å². The summed E-state index contributed by atoms with van der Waals surface area (Å²) in [6.45, 7) is 17.1. The molecule has 39 heavy (non-hydrogen) atoms. The van der Waals surface area contributed by atoms with Crippen LogP contribution >= 0.6 is 11.8 Å². The standard InChI is InChI=1S/2C7H7.C5H12.C3H8.C2H6O2S.C2H6O.C2H6S.5CH4.Y/c2*1-7-5-3-2-4-6-7;1-5(2,3)4;1-3-2;1-5(2,3)4;2*1-3-2;;;;;;/h2*3-6H,1H3;1-4H3;3H2,1-2H3;1-2H3;2*1-2H3;5*1H4;/q2*-1;;;;;;;;;;;. The molecule has 0 unspecified atom stereocenters. The van der Waals surface area contributed by atoms with Crippen LogP contribution in [0.2, 0.25) is 0 Å². The van der Waals surface area contributed by atoms with Gasteiger partial charge in [0, 0.05) is 59.4 Å². The fourth-order valence-corrected chi connectivity index (χ4v) is 0.940. The molecule has 0 saturated heterocycles. The third kappa shape index (κ3) is 194. The normalized spacial score (nSPS) is 7.54. The Bertz CT molecular complexity index is 615. The van der Waals surface area contributed by atoms with Crippen LogP contribution in [0.3, 0.4) is 0 Å². The van der Waals surface area contributed by atoms with E-state index >= 15 is 0 Å². The van der Waals surface area contributed by atoms with Crippen LogP contribution < -0.4 is 0 Å². The first-order valence-electron chi connectivity index (χ1n) is 10.8. The van der Waals surface area contributed by atoms with E-state index in [2.05, 4.69) is 72.3 Å². The minimum atomic E-state index is -2.67. The Kier molecular flexibility index (Phi) is 99.3. The maximum atomic E-state index is 9.63. The molecule has 0 aliphatic heterocycles. The molecule has 6 heteroatoms. The molecule has 2 aromatic rings. The Morgan fingerprint density at radius 3 is 0.872 bits per heavy atom. The first-order chi connectivity index (χ1) is 15.0. The van der Waals surface area contributed by atoms with Gasteiger partial charge in [-0.3, -0.25) is 0 Å². The summed E-state index contributed by atoms with van der Waals surface area (Å²) in [5.41, 5.74) is 3.08. The van der Waals surface area contributed by atoms with E-state index in [4.69, 9.17) is 0 Å². The van der Waals surface area contributed by atoms with E-state index < -0.39 is 9.84 Å². The molecular formula is C33H72O3S2Y-2. The summed E-state index contributed by atoms with van der Waals surface area (Å²) < 4.78 is 23.5. The quantitative estimate of drug-likeness (QED) is 0.262. The number of thioether (sulfide) groups is 1. The van der Waals surface area contributed by atoms with Crippen molar-refractivity contribution < 1.29 is 45.9 Å². The van der Waals surface area contributed by atoms with Gasteiger partial charge in [0.2, 0.25) is 0 Å². The van der Waals surface area contributed by atoms with Crippen LogP contribution in [0.5, 0.6) is 0 Å². The van der Waals surface area contributed by atoms with Crippen LogP contribution in [0.15, 0.2) is 48.5 Å². The molecule has 2 rings (SSSR count). The molecule has 0 atom stereocenters. The maximum Gasteiger partial charge on any atom is 0.144 e. The number of hydrogen-bond donors (Lipinski definition) is 0. The monoisotopic (exact) mass is 669 g/mol. The van der Waals surface area contributed by atoms with Gasteiger partial charge in [-0.15, -0.1) is 0 Å². The molecule has 0 bridgehead atoms. The smallest absolute Gasteiger partial charge is 0.144 e. The number of ether oxygens (including phenoxy) is 1. The maximum absolute atomic E-state index is 9.63. The topological polar surface area (TPSA) is 43.4 Å². The van der Waals surface area contributed by atoms with Gasteiger partial charge in [0.15, 0.2) is 0 Å². The molecule has 0 saturated carbocycles. The van der Waals surface area contributed by atoms with Crippen LogP contribution in [-0.4, -0.2) is 47.7 Å². The third-order valence-corrected chi connectivity index (χ3v) is 1.77. The van der Waals surface area contributed by atoms with E-state index in [0.29, 0.717) is 5.41 Å². The second kappa shape index (κ2) is 54.0. The second-order valence-electron chi connectivity index (χ2n) is 8.82. The minimum absolute atomic E-state index is 0. The van der Waals surface area contributed by atoms with E-state index in [1.807, 2.05) is 61.0 Å². The number of benzene rings is 2. The molecule has 3 nitrogen and oxygen atoms in total. The van der Waals surface area contributed by atoms with Crippen molar-refractivity contribution in [3.8, 4) is 0 Å². The fraction of sp³-hybridized carbons (Fsp3) is 0.636. The molecule has 239 valence electrons. The summed E-state index contributed by atoms with van der Waals surface area (Å²) in [5.74, 6) is 0. The van der Waals surface area contributed by atoms with Gasteiger partial charge in [0.05, 0.1) is 0 Å². The SMILES string of the molecule is C.C.C.C.C.CC(C)(C)C.CCC.COC.CS(C)(=O)=O.CSC.Cc1cc[c-]cc1.Cc1cc[c-]cc1.[Y]. The van der Waals surface area contributed by atoms with E-state index in [9.17, 15) is 8.42 Å². The molecule has 0 aliphatic rings. The number of methoxy groups -OCH3 is 1.